The Balaban J connectivity index is 1.49. The lowest BCUT2D eigenvalue weighted by atomic mass is 10.1. The highest BCUT2D eigenvalue weighted by Gasteiger charge is 2.17. The molecule has 1 aliphatic rings. The van der Waals surface area contributed by atoms with E-state index < -0.39 is 6.17 Å². The second-order valence-corrected chi connectivity index (χ2v) is 6.95. The standard InChI is InChI=1S/C22H16N8O/c23-12-17-6-1-2-8-18(17)19-13-25-20-22(26-19)29(28-27-20)14-15-5-3-7-16(11-15)21-24-9-4-10-30(21)31/h1-11,13,21,31H,14H2. The van der Waals surface area contributed by atoms with Gasteiger partial charge in [0, 0.05) is 18.0 Å². The number of allylic oxidation sites excluding steroid dienone is 1. The Morgan fingerprint density at radius 2 is 2.03 bits per heavy atom. The molecule has 1 atom stereocenters. The van der Waals surface area contributed by atoms with Crippen LogP contribution in [0.4, 0.5) is 0 Å². The van der Waals surface area contributed by atoms with Crippen LogP contribution in [-0.4, -0.2) is 41.4 Å². The summed E-state index contributed by atoms with van der Waals surface area (Å²) in [4.78, 5) is 13.4. The first-order chi connectivity index (χ1) is 15.2. The zero-order chi connectivity index (χ0) is 21.2. The first-order valence-corrected chi connectivity index (χ1v) is 9.55. The van der Waals surface area contributed by atoms with Gasteiger partial charge in [0.05, 0.1) is 30.1 Å². The van der Waals surface area contributed by atoms with Crippen molar-refractivity contribution in [2.24, 2.45) is 4.99 Å². The SMILES string of the molecule is N#Cc1ccccc1-c1cnc2nnn(Cc3cccc(C4N=CC=CN4O)c3)c2n1. The molecular weight excluding hydrogens is 392 g/mol. The number of rotatable bonds is 4. The van der Waals surface area contributed by atoms with Crippen molar-refractivity contribution in [1.82, 2.24) is 30.0 Å². The van der Waals surface area contributed by atoms with Crippen LogP contribution < -0.4 is 0 Å². The molecule has 0 fully saturated rings. The van der Waals surface area contributed by atoms with Gasteiger partial charge < -0.3 is 0 Å². The van der Waals surface area contributed by atoms with Crippen LogP contribution in [0.25, 0.3) is 22.6 Å². The monoisotopic (exact) mass is 408 g/mol. The Morgan fingerprint density at radius 1 is 1.13 bits per heavy atom. The average Bonchev–Trinajstić information content (AvgIpc) is 3.21. The lowest BCUT2D eigenvalue weighted by molar-refractivity contribution is -0.0790. The lowest BCUT2D eigenvalue weighted by Crippen LogP contribution is -2.20. The molecule has 0 spiro atoms. The fourth-order valence-corrected chi connectivity index (χ4v) is 3.47. The number of hydrogen-bond acceptors (Lipinski definition) is 8. The van der Waals surface area contributed by atoms with Crippen LogP contribution in [0.15, 0.2) is 72.0 Å². The van der Waals surface area contributed by atoms with Gasteiger partial charge in [0.2, 0.25) is 5.65 Å². The number of fused-ring (bicyclic) bond motifs is 1. The normalized spacial score (nSPS) is 15.4. The highest BCUT2D eigenvalue weighted by Crippen LogP contribution is 2.25. The summed E-state index contributed by atoms with van der Waals surface area (Å²) in [5.41, 5.74) is 4.57. The number of hydrogen-bond donors (Lipinski definition) is 1. The largest absolute Gasteiger partial charge is 0.287 e. The highest BCUT2D eigenvalue weighted by molar-refractivity contribution is 5.73. The Kier molecular flexibility index (Phi) is 4.67. The van der Waals surface area contributed by atoms with E-state index in [0.717, 1.165) is 16.2 Å². The first-order valence-electron chi connectivity index (χ1n) is 9.55. The fraction of sp³-hybridized carbons (Fsp3) is 0.0909. The van der Waals surface area contributed by atoms with Crippen LogP contribution in [0.2, 0.25) is 0 Å². The third-order valence-corrected chi connectivity index (χ3v) is 4.94. The summed E-state index contributed by atoms with van der Waals surface area (Å²) in [5.74, 6) is 0. The molecule has 2 aromatic heterocycles. The molecule has 0 amide bonds. The molecule has 0 saturated carbocycles. The molecule has 0 saturated heterocycles. The number of hydroxylamine groups is 2. The van der Waals surface area contributed by atoms with Gasteiger partial charge in [0.1, 0.15) is 0 Å². The Hall–Kier alpha value is -4.42. The summed E-state index contributed by atoms with van der Waals surface area (Å²) in [5, 5.41) is 28.8. The van der Waals surface area contributed by atoms with E-state index >= 15 is 0 Å². The molecule has 0 bridgehead atoms. The number of nitrogens with zero attached hydrogens (tertiary/aromatic N) is 8. The molecule has 31 heavy (non-hydrogen) atoms. The summed E-state index contributed by atoms with van der Waals surface area (Å²) >= 11 is 0. The zero-order valence-corrected chi connectivity index (χ0v) is 16.2. The van der Waals surface area contributed by atoms with E-state index in [1.165, 1.54) is 0 Å². The molecule has 9 heteroatoms. The number of aliphatic imine (C=N–C) groups is 1. The van der Waals surface area contributed by atoms with Gasteiger partial charge in [-0.05, 0) is 29.3 Å². The van der Waals surface area contributed by atoms with Crippen LogP contribution in [-0.2, 0) is 6.54 Å². The molecule has 1 aliphatic heterocycles. The Bertz CT molecular complexity index is 1370. The van der Waals surface area contributed by atoms with Crippen molar-refractivity contribution in [2.75, 3.05) is 0 Å². The van der Waals surface area contributed by atoms with Crippen molar-refractivity contribution in [3.05, 3.63) is 83.7 Å². The highest BCUT2D eigenvalue weighted by atomic mass is 16.5. The zero-order valence-electron chi connectivity index (χ0n) is 16.2. The van der Waals surface area contributed by atoms with Gasteiger partial charge in [-0.15, -0.1) is 5.10 Å². The van der Waals surface area contributed by atoms with Crippen LogP contribution in [0.3, 0.4) is 0 Å². The van der Waals surface area contributed by atoms with Crippen molar-refractivity contribution >= 4 is 17.5 Å². The molecule has 1 N–H and O–H groups in total. The van der Waals surface area contributed by atoms with E-state index in [1.807, 2.05) is 42.5 Å². The quantitative estimate of drug-likeness (QED) is 0.551. The minimum Gasteiger partial charge on any atom is -0.287 e. The predicted molar refractivity (Wildman–Crippen MR) is 113 cm³/mol. The smallest absolute Gasteiger partial charge is 0.221 e. The molecule has 1 unspecified atom stereocenters. The van der Waals surface area contributed by atoms with Gasteiger partial charge >= 0.3 is 0 Å². The minimum atomic E-state index is -0.494. The second kappa shape index (κ2) is 7.78. The summed E-state index contributed by atoms with van der Waals surface area (Å²) in [6.45, 7) is 0.417. The molecule has 0 radical (unpaired) electrons. The van der Waals surface area contributed by atoms with Crippen LogP contribution >= 0.6 is 0 Å². The van der Waals surface area contributed by atoms with Crippen LogP contribution in [0.1, 0.15) is 22.9 Å². The van der Waals surface area contributed by atoms with Crippen molar-refractivity contribution in [3.8, 4) is 17.3 Å². The van der Waals surface area contributed by atoms with E-state index in [0.29, 0.717) is 34.7 Å². The van der Waals surface area contributed by atoms with Gasteiger partial charge in [-0.25, -0.2) is 19.7 Å². The maximum absolute atomic E-state index is 10.1. The Morgan fingerprint density at radius 3 is 2.90 bits per heavy atom. The van der Waals surface area contributed by atoms with Crippen molar-refractivity contribution in [2.45, 2.75) is 12.7 Å². The lowest BCUT2D eigenvalue weighted by Gasteiger charge is -2.23. The molecule has 3 heterocycles. The molecule has 0 aliphatic carbocycles. The first kappa shape index (κ1) is 18.6. The summed E-state index contributed by atoms with van der Waals surface area (Å²) in [7, 11) is 0. The van der Waals surface area contributed by atoms with Crippen molar-refractivity contribution < 1.29 is 5.21 Å². The molecule has 4 aromatic rings. The van der Waals surface area contributed by atoms with Gasteiger partial charge in [0.15, 0.2) is 11.8 Å². The van der Waals surface area contributed by atoms with Gasteiger partial charge in [-0.2, -0.15) is 5.26 Å². The Labute approximate surface area is 177 Å². The van der Waals surface area contributed by atoms with E-state index in [1.54, 1.807) is 35.4 Å². The third kappa shape index (κ3) is 3.52. The molecular formula is C22H16N8O. The minimum absolute atomic E-state index is 0.417. The van der Waals surface area contributed by atoms with Crippen LogP contribution in [0, 0.1) is 11.3 Å². The number of benzene rings is 2. The van der Waals surface area contributed by atoms with E-state index in [4.69, 9.17) is 0 Å². The van der Waals surface area contributed by atoms with E-state index in [9.17, 15) is 10.5 Å². The maximum atomic E-state index is 10.1. The maximum Gasteiger partial charge on any atom is 0.221 e. The molecule has 5 rings (SSSR count). The summed E-state index contributed by atoms with van der Waals surface area (Å²) in [6.07, 6.45) is 5.99. The van der Waals surface area contributed by atoms with Gasteiger partial charge in [-0.1, -0.05) is 41.6 Å². The topological polar surface area (TPSA) is 116 Å². The summed E-state index contributed by atoms with van der Waals surface area (Å²) < 4.78 is 1.67. The fourth-order valence-electron chi connectivity index (χ4n) is 3.47. The van der Waals surface area contributed by atoms with Crippen molar-refractivity contribution in [3.63, 3.8) is 0 Å². The number of aromatic nitrogens is 5. The van der Waals surface area contributed by atoms with E-state index in [-0.39, 0.29) is 0 Å². The second-order valence-electron chi connectivity index (χ2n) is 6.95. The average molecular weight is 408 g/mol. The van der Waals surface area contributed by atoms with Crippen LogP contribution in [0.5, 0.6) is 0 Å². The summed E-state index contributed by atoms with van der Waals surface area (Å²) in [6, 6.07) is 17.2. The van der Waals surface area contributed by atoms with Crippen molar-refractivity contribution in [1.29, 1.82) is 5.26 Å². The molecule has 150 valence electrons. The molecule has 2 aromatic carbocycles. The molecule has 9 nitrogen and oxygen atoms in total. The number of nitriles is 1. The van der Waals surface area contributed by atoms with Gasteiger partial charge in [-0.3, -0.25) is 10.2 Å². The third-order valence-electron chi connectivity index (χ3n) is 4.94. The predicted octanol–water partition coefficient (Wildman–Crippen LogP) is 3.10. The van der Waals surface area contributed by atoms with Gasteiger partial charge in [0.25, 0.3) is 0 Å². The van der Waals surface area contributed by atoms with E-state index in [2.05, 4.69) is 31.3 Å².